The van der Waals surface area contributed by atoms with Gasteiger partial charge in [0.2, 0.25) is 0 Å². The average Bonchev–Trinajstić information content (AvgIpc) is 2.68. The molecule has 3 aromatic carbocycles. The SMILES string of the molecule is CN(c1cccc(-c2ccccn2)c1)c1cccc2ccccc12. The first-order valence-electron chi connectivity index (χ1n) is 8.06. The molecule has 0 saturated carbocycles. The van der Waals surface area contributed by atoms with E-state index in [1.807, 2.05) is 24.4 Å². The number of nitrogens with zero attached hydrogens (tertiary/aromatic N) is 2. The third-order valence-corrected chi connectivity index (χ3v) is 4.32. The first-order valence-corrected chi connectivity index (χ1v) is 8.06. The number of anilines is 2. The summed E-state index contributed by atoms with van der Waals surface area (Å²) in [5, 5.41) is 2.51. The number of hydrogen-bond acceptors (Lipinski definition) is 2. The maximum atomic E-state index is 4.45. The Morgan fingerprint density at radius 1 is 0.750 bits per heavy atom. The topological polar surface area (TPSA) is 16.1 Å². The Morgan fingerprint density at radius 2 is 1.54 bits per heavy atom. The minimum absolute atomic E-state index is 0.991. The summed E-state index contributed by atoms with van der Waals surface area (Å²) in [6, 6.07) is 29.4. The fourth-order valence-electron chi connectivity index (χ4n) is 3.05. The number of hydrogen-bond donors (Lipinski definition) is 0. The molecule has 0 amide bonds. The molecule has 2 heteroatoms. The summed E-state index contributed by atoms with van der Waals surface area (Å²) in [6.07, 6.45) is 1.83. The molecule has 0 atom stereocenters. The summed E-state index contributed by atoms with van der Waals surface area (Å²) < 4.78 is 0. The van der Waals surface area contributed by atoms with Crippen LogP contribution >= 0.6 is 0 Å². The summed E-state index contributed by atoms with van der Waals surface area (Å²) in [4.78, 5) is 6.68. The second kappa shape index (κ2) is 6.17. The zero-order valence-corrected chi connectivity index (χ0v) is 13.6. The highest BCUT2D eigenvalue weighted by atomic mass is 15.1. The maximum absolute atomic E-state index is 4.45. The van der Waals surface area contributed by atoms with E-state index in [1.165, 1.54) is 16.5 Å². The zero-order chi connectivity index (χ0) is 16.4. The first-order chi connectivity index (χ1) is 11.8. The number of pyridine rings is 1. The molecule has 0 aliphatic rings. The van der Waals surface area contributed by atoms with Crippen molar-refractivity contribution >= 4 is 22.1 Å². The van der Waals surface area contributed by atoms with Gasteiger partial charge in [-0.25, -0.2) is 0 Å². The van der Waals surface area contributed by atoms with Gasteiger partial charge in [0.15, 0.2) is 0 Å². The first kappa shape index (κ1) is 14.5. The smallest absolute Gasteiger partial charge is 0.0702 e. The Morgan fingerprint density at radius 3 is 2.42 bits per heavy atom. The van der Waals surface area contributed by atoms with Crippen LogP contribution in [-0.2, 0) is 0 Å². The molecule has 1 aromatic heterocycles. The summed E-state index contributed by atoms with van der Waals surface area (Å²) in [6.45, 7) is 0. The van der Waals surface area contributed by atoms with Crippen LogP contribution in [0.5, 0.6) is 0 Å². The number of benzene rings is 3. The Kier molecular flexibility index (Phi) is 3.72. The maximum Gasteiger partial charge on any atom is 0.0702 e. The number of fused-ring (bicyclic) bond motifs is 1. The molecule has 0 aliphatic heterocycles. The molecule has 4 aromatic rings. The minimum atomic E-state index is 0.991. The van der Waals surface area contributed by atoms with E-state index in [1.54, 1.807) is 0 Å². The van der Waals surface area contributed by atoms with E-state index in [-0.39, 0.29) is 0 Å². The Balaban J connectivity index is 1.78. The van der Waals surface area contributed by atoms with Gasteiger partial charge in [0.05, 0.1) is 5.69 Å². The molecule has 0 bridgehead atoms. The predicted octanol–water partition coefficient (Wildman–Crippen LogP) is 5.67. The van der Waals surface area contributed by atoms with Crippen molar-refractivity contribution in [2.24, 2.45) is 0 Å². The average molecular weight is 310 g/mol. The van der Waals surface area contributed by atoms with Crippen LogP contribution in [-0.4, -0.2) is 12.0 Å². The Bertz CT molecular complexity index is 972. The molecule has 24 heavy (non-hydrogen) atoms. The molecule has 0 spiro atoms. The van der Waals surface area contributed by atoms with Crippen LogP contribution in [0.1, 0.15) is 0 Å². The van der Waals surface area contributed by atoms with E-state index in [4.69, 9.17) is 0 Å². The van der Waals surface area contributed by atoms with Crippen molar-refractivity contribution < 1.29 is 0 Å². The summed E-state index contributed by atoms with van der Waals surface area (Å²) >= 11 is 0. The molecule has 0 N–H and O–H groups in total. The van der Waals surface area contributed by atoms with E-state index in [2.05, 4.69) is 83.7 Å². The van der Waals surface area contributed by atoms with Crippen LogP contribution in [0, 0.1) is 0 Å². The highest BCUT2D eigenvalue weighted by molar-refractivity contribution is 5.96. The molecule has 0 unspecified atom stereocenters. The van der Waals surface area contributed by atoms with Gasteiger partial charge in [0.1, 0.15) is 0 Å². The van der Waals surface area contributed by atoms with Gasteiger partial charge in [-0.3, -0.25) is 4.98 Å². The van der Waals surface area contributed by atoms with Gasteiger partial charge >= 0.3 is 0 Å². The lowest BCUT2D eigenvalue weighted by Gasteiger charge is -2.22. The fourth-order valence-corrected chi connectivity index (χ4v) is 3.05. The quantitative estimate of drug-likeness (QED) is 0.484. The molecule has 116 valence electrons. The third-order valence-electron chi connectivity index (χ3n) is 4.32. The van der Waals surface area contributed by atoms with Crippen molar-refractivity contribution in [3.05, 3.63) is 91.1 Å². The molecular weight excluding hydrogens is 292 g/mol. The minimum Gasteiger partial charge on any atom is -0.344 e. The standard InChI is InChI=1S/C22H18N2/c1-24(22-14-7-9-17-8-2-3-12-20(17)22)19-11-6-10-18(16-19)21-13-4-5-15-23-21/h2-16H,1H3. The predicted molar refractivity (Wildman–Crippen MR) is 102 cm³/mol. The van der Waals surface area contributed by atoms with Crippen LogP contribution in [0.15, 0.2) is 91.1 Å². The Labute approximate surface area is 142 Å². The van der Waals surface area contributed by atoms with E-state index < -0.39 is 0 Å². The van der Waals surface area contributed by atoms with Gasteiger partial charge in [-0.15, -0.1) is 0 Å². The second-order valence-corrected chi connectivity index (χ2v) is 5.82. The van der Waals surface area contributed by atoms with Crippen LogP contribution < -0.4 is 4.90 Å². The van der Waals surface area contributed by atoms with Gasteiger partial charge in [-0.2, -0.15) is 0 Å². The molecule has 0 saturated heterocycles. The lowest BCUT2D eigenvalue weighted by molar-refractivity contribution is 1.22. The van der Waals surface area contributed by atoms with E-state index in [9.17, 15) is 0 Å². The zero-order valence-electron chi connectivity index (χ0n) is 13.6. The Hall–Kier alpha value is -3.13. The highest BCUT2D eigenvalue weighted by Gasteiger charge is 2.09. The lowest BCUT2D eigenvalue weighted by Crippen LogP contribution is -2.09. The van der Waals surface area contributed by atoms with Crippen molar-refractivity contribution in [1.82, 2.24) is 4.98 Å². The number of rotatable bonds is 3. The molecular formula is C22H18N2. The van der Waals surface area contributed by atoms with Gasteiger partial charge in [0, 0.05) is 35.6 Å². The molecule has 0 radical (unpaired) electrons. The number of aromatic nitrogens is 1. The van der Waals surface area contributed by atoms with Crippen molar-refractivity contribution in [3.8, 4) is 11.3 Å². The van der Waals surface area contributed by atoms with E-state index in [0.717, 1.165) is 16.9 Å². The van der Waals surface area contributed by atoms with Crippen molar-refractivity contribution in [3.63, 3.8) is 0 Å². The van der Waals surface area contributed by atoms with Crippen molar-refractivity contribution in [2.45, 2.75) is 0 Å². The van der Waals surface area contributed by atoms with Gasteiger partial charge in [0.25, 0.3) is 0 Å². The van der Waals surface area contributed by atoms with Crippen LogP contribution in [0.4, 0.5) is 11.4 Å². The summed E-state index contributed by atoms with van der Waals surface area (Å²) in [5.74, 6) is 0. The lowest BCUT2D eigenvalue weighted by atomic mass is 10.1. The summed E-state index contributed by atoms with van der Waals surface area (Å²) in [5.41, 5.74) is 4.46. The largest absolute Gasteiger partial charge is 0.344 e. The van der Waals surface area contributed by atoms with Crippen molar-refractivity contribution in [1.29, 1.82) is 0 Å². The van der Waals surface area contributed by atoms with Gasteiger partial charge in [-0.1, -0.05) is 54.6 Å². The van der Waals surface area contributed by atoms with E-state index in [0.29, 0.717) is 0 Å². The molecule has 0 aliphatic carbocycles. The van der Waals surface area contributed by atoms with E-state index >= 15 is 0 Å². The molecule has 2 nitrogen and oxygen atoms in total. The van der Waals surface area contributed by atoms with Gasteiger partial charge < -0.3 is 4.90 Å². The molecule has 4 rings (SSSR count). The van der Waals surface area contributed by atoms with Crippen LogP contribution in [0.3, 0.4) is 0 Å². The van der Waals surface area contributed by atoms with Gasteiger partial charge in [-0.05, 0) is 35.7 Å². The second-order valence-electron chi connectivity index (χ2n) is 5.82. The monoisotopic (exact) mass is 310 g/mol. The summed E-state index contributed by atoms with van der Waals surface area (Å²) in [7, 11) is 2.11. The van der Waals surface area contributed by atoms with Crippen molar-refractivity contribution in [2.75, 3.05) is 11.9 Å². The fraction of sp³-hybridized carbons (Fsp3) is 0.0455. The third kappa shape index (κ3) is 2.63. The normalized spacial score (nSPS) is 10.7. The van der Waals surface area contributed by atoms with Crippen LogP contribution in [0.25, 0.3) is 22.0 Å². The molecule has 0 fully saturated rings. The highest BCUT2D eigenvalue weighted by Crippen LogP contribution is 2.32. The van der Waals surface area contributed by atoms with Crippen LogP contribution in [0.2, 0.25) is 0 Å². The molecule has 1 heterocycles.